The Bertz CT molecular complexity index is 941. The third-order valence-electron chi connectivity index (χ3n) is 3.71. The third-order valence-corrected chi connectivity index (χ3v) is 5.13. The van der Waals surface area contributed by atoms with E-state index in [-0.39, 0.29) is 11.4 Å². The lowest BCUT2D eigenvalue weighted by atomic mass is 10.2. The van der Waals surface area contributed by atoms with Crippen molar-refractivity contribution < 1.29 is 22.7 Å². The van der Waals surface area contributed by atoms with Crippen LogP contribution in [0.25, 0.3) is 0 Å². The molecule has 1 aliphatic heterocycles. The van der Waals surface area contributed by atoms with Gasteiger partial charge in [-0.3, -0.25) is 10.1 Å². The van der Waals surface area contributed by atoms with Gasteiger partial charge in [0, 0.05) is 12.6 Å². The molecule has 9 heteroatoms. The molecule has 8 nitrogen and oxygen atoms in total. The monoisotopic (exact) mass is 375 g/mol. The summed E-state index contributed by atoms with van der Waals surface area (Å²) >= 11 is 0. The average Bonchev–Trinajstić information content (AvgIpc) is 2.93. The molecular weight excluding hydrogens is 358 g/mol. The summed E-state index contributed by atoms with van der Waals surface area (Å²) in [6.07, 6.45) is 0. The highest BCUT2D eigenvalue weighted by Crippen LogP contribution is 2.24. The van der Waals surface area contributed by atoms with E-state index in [0.29, 0.717) is 11.5 Å². The molecule has 0 aliphatic carbocycles. The van der Waals surface area contributed by atoms with Gasteiger partial charge in [0.15, 0.2) is 0 Å². The Kier molecular flexibility index (Phi) is 4.92. The van der Waals surface area contributed by atoms with Crippen LogP contribution < -0.4 is 20.1 Å². The number of aryl methyl sites for hydroxylation is 1. The van der Waals surface area contributed by atoms with Crippen LogP contribution >= 0.6 is 0 Å². The molecule has 3 rings (SSSR count). The van der Waals surface area contributed by atoms with E-state index >= 15 is 0 Å². The topological polar surface area (TPSA) is 114 Å². The Morgan fingerprint density at radius 3 is 2.46 bits per heavy atom. The SMILES string of the molecule is Cc1ccc(Oc2cccc(S(=O)(=O)NCC3NC(=O)NC3=O)c2)cc1. The molecule has 1 fully saturated rings. The van der Waals surface area contributed by atoms with Gasteiger partial charge in [0.2, 0.25) is 10.0 Å². The maximum absolute atomic E-state index is 12.4. The van der Waals surface area contributed by atoms with Crippen LogP contribution in [-0.4, -0.2) is 32.9 Å². The lowest BCUT2D eigenvalue weighted by Gasteiger charge is -2.11. The molecule has 0 radical (unpaired) electrons. The normalized spacial score (nSPS) is 16.9. The van der Waals surface area contributed by atoms with E-state index in [9.17, 15) is 18.0 Å². The second kappa shape index (κ2) is 7.14. The van der Waals surface area contributed by atoms with Crippen LogP contribution in [0.4, 0.5) is 4.79 Å². The van der Waals surface area contributed by atoms with Crippen molar-refractivity contribution in [2.45, 2.75) is 17.9 Å². The first kappa shape index (κ1) is 17.9. The molecule has 1 aliphatic rings. The van der Waals surface area contributed by atoms with Crippen molar-refractivity contribution in [2.24, 2.45) is 0 Å². The maximum Gasteiger partial charge on any atom is 0.322 e. The molecule has 0 bridgehead atoms. The zero-order chi connectivity index (χ0) is 18.7. The molecule has 0 saturated carbocycles. The zero-order valence-corrected chi connectivity index (χ0v) is 14.7. The summed E-state index contributed by atoms with van der Waals surface area (Å²) in [6.45, 7) is 1.71. The Hall–Kier alpha value is -2.91. The van der Waals surface area contributed by atoms with Crippen LogP contribution in [0.5, 0.6) is 11.5 Å². The van der Waals surface area contributed by atoms with Gasteiger partial charge in [0.1, 0.15) is 17.5 Å². The van der Waals surface area contributed by atoms with E-state index < -0.39 is 28.0 Å². The number of rotatable bonds is 6. The molecule has 1 unspecified atom stereocenters. The number of carbonyl (C=O) groups is 2. The molecule has 2 aromatic rings. The Labute approximate surface area is 150 Å². The third kappa shape index (κ3) is 4.19. The first-order chi connectivity index (χ1) is 12.3. The van der Waals surface area contributed by atoms with Crippen LogP contribution in [0.1, 0.15) is 5.56 Å². The van der Waals surface area contributed by atoms with Crippen molar-refractivity contribution in [1.82, 2.24) is 15.4 Å². The lowest BCUT2D eigenvalue weighted by Crippen LogP contribution is -2.41. The molecule has 3 N–H and O–H groups in total. The van der Waals surface area contributed by atoms with Gasteiger partial charge >= 0.3 is 6.03 Å². The predicted octanol–water partition coefficient (Wildman–Crippen LogP) is 1.27. The summed E-state index contributed by atoms with van der Waals surface area (Å²) < 4.78 is 32.8. The molecule has 2 aromatic carbocycles. The van der Waals surface area contributed by atoms with Crippen molar-refractivity contribution in [2.75, 3.05) is 6.54 Å². The summed E-state index contributed by atoms with van der Waals surface area (Å²) in [4.78, 5) is 22.5. The van der Waals surface area contributed by atoms with Crippen LogP contribution in [0.3, 0.4) is 0 Å². The quantitative estimate of drug-likeness (QED) is 0.658. The summed E-state index contributed by atoms with van der Waals surface area (Å²) in [7, 11) is -3.87. The fraction of sp³-hybridized carbons (Fsp3) is 0.176. The number of hydrogen-bond donors (Lipinski definition) is 3. The number of amides is 3. The van der Waals surface area contributed by atoms with Crippen LogP contribution in [0.15, 0.2) is 53.4 Å². The summed E-state index contributed by atoms with van der Waals surface area (Å²) in [5, 5.41) is 4.36. The number of nitrogens with one attached hydrogen (secondary N) is 3. The van der Waals surface area contributed by atoms with Gasteiger partial charge in [-0.15, -0.1) is 0 Å². The highest BCUT2D eigenvalue weighted by Gasteiger charge is 2.30. The minimum atomic E-state index is -3.87. The minimum Gasteiger partial charge on any atom is -0.457 e. The second-order valence-corrected chi connectivity index (χ2v) is 7.52. The van der Waals surface area contributed by atoms with E-state index in [2.05, 4.69) is 10.0 Å². The van der Waals surface area contributed by atoms with Gasteiger partial charge in [-0.25, -0.2) is 17.9 Å². The number of hydrogen-bond acceptors (Lipinski definition) is 5. The van der Waals surface area contributed by atoms with Gasteiger partial charge in [-0.2, -0.15) is 0 Å². The van der Waals surface area contributed by atoms with E-state index in [0.717, 1.165) is 5.56 Å². The molecule has 136 valence electrons. The van der Waals surface area contributed by atoms with Gasteiger partial charge < -0.3 is 10.1 Å². The Morgan fingerprint density at radius 1 is 1.08 bits per heavy atom. The molecule has 1 atom stereocenters. The van der Waals surface area contributed by atoms with E-state index in [4.69, 9.17) is 4.74 Å². The Balaban J connectivity index is 1.70. The van der Waals surface area contributed by atoms with Gasteiger partial charge in [-0.1, -0.05) is 23.8 Å². The zero-order valence-electron chi connectivity index (χ0n) is 13.9. The van der Waals surface area contributed by atoms with Crippen molar-refractivity contribution in [3.05, 3.63) is 54.1 Å². The van der Waals surface area contributed by atoms with Gasteiger partial charge in [-0.05, 0) is 31.2 Å². The highest BCUT2D eigenvalue weighted by molar-refractivity contribution is 7.89. The smallest absolute Gasteiger partial charge is 0.322 e. The first-order valence-electron chi connectivity index (χ1n) is 7.79. The van der Waals surface area contributed by atoms with Crippen molar-refractivity contribution in [1.29, 1.82) is 0 Å². The molecule has 1 heterocycles. The average molecular weight is 375 g/mol. The first-order valence-corrected chi connectivity index (χ1v) is 9.27. The summed E-state index contributed by atoms with van der Waals surface area (Å²) in [5.41, 5.74) is 1.08. The van der Waals surface area contributed by atoms with Crippen molar-refractivity contribution >= 4 is 22.0 Å². The van der Waals surface area contributed by atoms with Crippen LogP contribution in [0.2, 0.25) is 0 Å². The standard InChI is InChI=1S/C17H17N3O5S/c1-11-5-7-12(8-6-11)25-13-3-2-4-14(9-13)26(23,24)18-10-15-16(21)20-17(22)19-15/h2-9,15,18H,10H2,1H3,(H2,19,20,21,22). The number of carbonyl (C=O) groups excluding carboxylic acids is 2. The fourth-order valence-corrected chi connectivity index (χ4v) is 3.41. The number of ether oxygens (including phenoxy) is 1. The molecule has 26 heavy (non-hydrogen) atoms. The molecular formula is C17H17N3O5S. The summed E-state index contributed by atoms with van der Waals surface area (Å²) in [6, 6.07) is 11.8. The minimum absolute atomic E-state index is 0.00755. The van der Waals surface area contributed by atoms with Crippen LogP contribution in [-0.2, 0) is 14.8 Å². The van der Waals surface area contributed by atoms with Gasteiger partial charge in [0.05, 0.1) is 4.90 Å². The molecule has 3 amide bonds. The lowest BCUT2D eigenvalue weighted by molar-refractivity contribution is -0.120. The van der Waals surface area contributed by atoms with E-state index in [1.807, 2.05) is 24.4 Å². The van der Waals surface area contributed by atoms with E-state index in [1.165, 1.54) is 12.1 Å². The Morgan fingerprint density at radius 2 is 1.81 bits per heavy atom. The van der Waals surface area contributed by atoms with Crippen molar-refractivity contribution in [3.63, 3.8) is 0 Å². The van der Waals surface area contributed by atoms with E-state index in [1.54, 1.807) is 24.3 Å². The maximum atomic E-state index is 12.4. The number of urea groups is 1. The predicted molar refractivity (Wildman–Crippen MR) is 93.3 cm³/mol. The second-order valence-electron chi connectivity index (χ2n) is 5.76. The molecule has 0 spiro atoms. The summed E-state index contributed by atoms with van der Waals surface area (Å²) in [5.74, 6) is 0.376. The number of sulfonamides is 1. The molecule has 0 aromatic heterocycles. The van der Waals surface area contributed by atoms with Crippen LogP contribution in [0, 0.1) is 6.92 Å². The molecule has 1 saturated heterocycles. The van der Waals surface area contributed by atoms with Gasteiger partial charge in [0.25, 0.3) is 5.91 Å². The highest BCUT2D eigenvalue weighted by atomic mass is 32.2. The number of imide groups is 1. The number of benzene rings is 2. The largest absolute Gasteiger partial charge is 0.457 e. The fourth-order valence-electron chi connectivity index (χ4n) is 2.33. The van der Waals surface area contributed by atoms with Crippen molar-refractivity contribution in [3.8, 4) is 11.5 Å².